The molecule has 0 unspecified atom stereocenters. The van der Waals surface area contributed by atoms with Crippen LogP contribution in [-0.4, -0.2) is 16.3 Å². The maximum Gasteiger partial charge on any atom is 0.418 e. The lowest BCUT2D eigenvalue weighted by Crippen LogP contribution is -2.13. The molecule has 1 aromatic heterocycles. The standard InChI is InChI=1S/C12H11BrF3N3/c13-9-6-18-19(7-9)11-2-1-8(3-4-17)5-10(11)12(14,15)16/h1-2,5-7H,3-4,17H2. The van der Waals surface area contributed by atoms with Gasteiger partial charge in [-0.1, -0.05) is 6.07 Å². The molecule has 0 radical (unpaired) electrons. The van der Waals surface area contributed by atoms with Crippen LogP contribution in [0.25, 0.3) is 5.69 Å². The van der Waals surface area contributed by atoms with E-state index in [2.05, 4.69) is 21.0 Å². The molecule has 102 valence electrons. The molecule has 0 aliphatic heterocycles. The van der Waals surface area contributed by atoms with E-state index < -0.39 is 11.7 Å². The van der Waals surface area contributed by atoms with Crippen molar-refractivity contribution in [1.82, 2.24) is 9.78 Å². The lowest BCUT2D eigenvalue weighted by Gasteiger charge is -2.14. The van der Waals surface area contributed by atoms with E-state index in [-0.39, 0.29) is 5.69 Å². The molecule has 2 rings (SSSR count). The van der Waals surface area contributed by atoms with Gasteiger partial charge in [0.05, 0.1) is 21.9 Å². The molecule has 1 aromatic carbocycles. The molecule has 0 aliphatic carbocycles. The fourth-order valence-electron chi connectivity index (χ4n) is 1.76. The van der Waals surface area contributed by atoms with Gasteiger partial charge < -0.3 is 5.73 Å². The second-order valence-corrected chi connectivity index (χ2v) is 4.91. The first-order valence-electron chi connectivity index (χ1n) is 5.52. The highest BCUT2D eigenvalue weighted by Crippen LogP contribution is 2.34. The Morgan fingerprint density at radius 2 is 2.05 bits per heavy atom. The van der Waals surface area contributed by atoms with Crippen molar-refractivity contribution in [1.29, 1.82) is 0 Å². The summed E-state index contributed by atoms with van der Waals surface area (Å²) in [5.74, 6) is 0. The number of rotatable bonds is 3. The van der Waals surface area contributed by atoms with Gasteiger partial charge in [-0.05, 0) is 46.6 Å². The summed E-state index contributed by atoms with van der Waals surface area (Å²) < 4.78 is 41.0. The quantitative estimate of drug-likeness (QED) is 0.937. The predicted octanol–water partition coefficient (Wildman–Crippen LogP) is 3.15. The normalized spacial score (nSPS) is 11.8. The number of alkyl halides is 3. The molecular formula is C12H11BrF3N3. The van der Waals surface area contributed by atoms with E-state index >= 15 is 0 Å². The van der Waals surface area contributed by atoms with Crippen molar-refractivity contribution in [2.45, 2.75) is 12.6 Å². The van der Waals surface area contributed by atoms with Crippen LogP contribution in [-0.2, 0) is 12.6 Å². The van der Waals surface area contributed by atoms with Crippen LogP contribution in [0.2, 0.25) is 0 Å². The topological polar surface area (TPSA) is 43.8 Å². The van der Waals surface area contributed by atoms with E-state index in [0.717, 1.165) is 6.07 Å². The van der Waals surface area contributed by atoms with Crippen molar-refractivity contribution < 1.29 is 13.2 Å². The van der Waals surface area contributed by atoms with E-state index in [9.17, 15) is 13.2 Å². The van der Waals surface area contributed by atoms with Gasteiger partial charge in [0, 0.05) is 6.20 Å². The molecule has 0 atom stereocenters. The molecule has 1 heterocycles. The number of nitrogens with two attached hydrogens (primary N) is 1. The number of benzene rings is 1. The maximum atomic E-state index is 13.1. The van der Waals surface area contributed by atoms with Gasteiger partial charge in [-0.3, -0.25) is 0 Å². The number of halogens is 4. The van der Waals surface area contributed by atoms with Crippen LogP contribution in [0.1, 0.15) is 11.1 Å². The Morgan fingerprint density at radius 1 is 1.32 bits per heavy atom. The van der Waals surface area contributed by atoms with Gasteiger partial charge in [0.2, 0.25) is 0 Å². The van der Waals surface area contributed by atoms with Crippen molar-refractivity contribution in [3.05, 3.63) is 46.2 Å². The fourth-order valence-corrected chi connectivity index (χ4v) is 2.05. The van der Waals surface area contributed by atoms with Crippen molar-refractivity contribution in [3.8, 4) is 5.69 Å². The van der Waals surface area contributed by atoms with Crippen LogP contribution in [0.4, 0.5) is 13.2 Å². The summed E-state index contributed by atoms with van der Waals surface area (Å²) in [5.41, 5.74) is 5.21. The minimum Gasteiger partial charge on any atom is -0.330 e. The summed E-state index contributed by atoms with van der Waals surface area (Å²) in [4.78, 5) is 0. The number of aromatic nitrogens is 2. The summed E-state index contributed by atoms with van der Waals surface area (Å²) in [6, 6.07) is 4.16. The summed E-state index contributed by atoms with van der Waals surface area (Å²) in [7, 11) is 0. The zero-order valence-electron chi connectivity index (χ0n) is 9.78. The third kappa shape index (κ3) is 3.16. The Kier molecular flexibility index (Phi) is 3.96. The van der Waals surface area contributed by atoms with E-state index in [4.69, 9.17) is 5.73 Å². The molecule has 3 nitrogen and oxygen atoms in total. The van der Waals surface area contributed by atoms with E-state index in [0.29, 0.717) is 23.0 Å². The van der Waals surface area contributed by atoms with Crippen molar-refractivity contribution >= 4 is 15.9 Å². The minimum absolute atomic E-state index is 0.000952. The Hall–Kier alpha value is -1.34. The van der Waals surface area contributed by atoms with Gasteiger partial charge in [-0.25, -0.2) is 4.68 Å². The van der Waals surface area contributed by atoms with Crippen LogP contribution in [0, 0.1) is 0 Å². The highest BCUT2D eigenvalue weighted by molar-refractivity contribution is 9.10. The van der Waals surface area contributed by atoms with Crippen LogP contribution >= 0.6 is 15.9 Å². The lowest BCUT2D eigenvalue weighted by molar-refractivity contribution is -0.137. The molecule has 7 heteroatoms. The highest BCUT2D eigenvalue weighted by atomic mass is 79.9. The number of hydrogen-bond acceptors (Lipinski definition) is 2. The highest BCUT2D eigenvalue weighted by Gasteiger charge is 2.34. The molecule has 2 aromatic rings. The molecule has 0 bridgehead atoms. The van der Waals surface area contributed by atoms with Gasteiger partial charge in [-0.15, -0.1) is 0 Å². The average Bonchev–Trinajstić information content (AvgIpc) is 2.75. The largest absolute Gasteiger partial charge is 0.418 e. The summed E-state index contributed by atoms with van der Waals surface area (Å²) in [6.45, 7) is 0.309. The van der Waals surface area contributed by atoms with Gasteiger partial charge in [0.15, 0.2) is 0 Å². The van der Waals surface area contributed by atoms with Crippen LogP contribution in [0.5, 0.6) is 0 Å². The monoisotopic (exact) mass is 333 g/mol. The van der Waals surface area contributed by atoms with Crippen LogP contribution in [0.15, 0.2) is 35.1 Å². The van der Waals surface area contributed by atoms with Gasteiger partial charge in [0.25, 0.3) is 0 Å². The van der Waals surface area contributed by atoms with Crippen molar-refractivity contribution in [2.24, 2.45) is 5.73 Å². The molecule has 0 amide bonds. The lowest BCUT2D eigenvalue weighted by atomic mass is 10.1. The second-order valence-electron chi connectivity index (χ2n) is 3.99. The first-order chi connectivity index (χ1) is 8.91. The van der Waals surface area contributed by atoms with Crippen LogP contribution < -0.4 is 5.73 Å². The molecular weight excluding hydrogens is 323 g/mol. The van der Waals surface area contributed by atoms with Gasteiger partial charge in [-0.2, -0.15) is 18.3 Å². The van der Waals surface area contributed by atoms with E-state index in [1.54, 1.807) is 6.07 Å². The SMILES string of the molecule is NCCc1ccc(-n2cc(Br)cn2)c(C(F)(F)F)c1. The predicted molar refractivity (Wildman–Crippen MR) is 69.0 cm³/mol. The number of hydrogen-bond donors (Lipinski definition) is 1. The Labute approximate surface area is 116 Å². The Morgan fingerprint density at radius 3 is 2.58 bits per heavy atom. The molecule has 2 N–H and O–H groups in total. The van der Waals surface area contributed by atoms with Gasteiger partial charge in [0.1, 0.15) is 0 Å². The molecule has 0 fully saturated rings. The molecule has 19 heavy (non-hydrogen) atoms. The molecule has 0 saturated carbocycles. The van der Waals surface area contributed by atoms with Crippen molar-refractivity contribution in [3.63, 3.8) is 0 Å². The summed E-state index contributed by atoms with van der Waals surface area (Å²) in [6.07, 6.45) is -1.11. The Bertz CT molecular complexity index is 578. The zero-order valence-corrected chi connectivity index (χ0v) is 11.4. The maximum absolute atomic E-state index is 13.1. The Balaban J connectivity index is 2.54. The molecule has 0 aliphatic rings. The van der Waals surface area contributed by atoms with E-state index in [1.807, 2.05) is 0 Å². The fraction of sp³-hybridized carbons (Fsp3) is 0.250. The van der Waals surface area contributed by atoms with E-state index in [1.165, 1.54) is 23.1 Å². The number of nitrogens with zero attached hydrogens (tertiary/aromatic N) is 2. The summed E-state index contributed by atoms with van der Waals surface area (Å²) >= 11 is 3.16. The summed E-state index contributed by atoms with van der Waals surface area (Å²) in [5, 5.41) is 3.88. The zero-order chi connectivity index (χ0) is 14.0. The second kappa shape index (κ2) is 5.34. The van der Waals surface area contributed by atoms with Crippen molar-refractivity contribution in [2.75, 3.05) is 6.54 Å². The average molecular weight is 334 g/mol. The molecule has 0 saturated heterocycles. The smallest absolute Gasteiger partial charge is 0.330 e. The minimum atomic E-state index is -4.43. The third-order valence-electron chi connectivity index (χ3n) is 2.60. The van der Waals surface area contributed by atoms with Crippen LogP contribution in [0.3, 0.4) is 0 Å². The first kappa shape index (κ1) is 14.1. The van der Waals surface area contributed by atoms with Gasteiger partial charge >= 0.3 is 6.18 Å². The third-order valence-corrected chi connectivity index (χ3v) is 3.01. The molecule has 0 spiro atoms. The first-order valence-corrected chi connectivity index (χ1v) is 6.32.